The molecule has 4 N–H and O–H groups in total. The molecule has 2 unspecified atom stereocenters. The highest BCUT2D eigenvalue weighted by atomic mass is 16.5. The first-order chi connectivity index (χ1) is 14.5. The van der Waals surface area contributed by atoms with E-state index in [1.165, 1.54) is 18.3 Å². The molecule has 7 heteroatoms. The maximum absolute atomic E-state index is 12.2. The van der Waals surface area contributed by atoms with Crippen molar-refractivity contribution in [2.45, 2.75) is 18.1 Å². The smallest absolute Gasteiger partial charge is 0.407 e. The van der Waals surface area contributed by atoms with Crippen molar-refractivity contribution >= 4 is 6.09 Å². The predicted octanol–water partition coefficient (Wildman–Crippen LogP) is 2.31. The molecule has 154 valence electrons. The Labute approximate surface area is 173 Å². The van der Waals surface area contributed by atoms with E-state index in [4.69, 9.17) is 4.74 Å². The largest absolute Gasteiger partial charge is 0.449 e. The molecule has 1 aliphatic rings. The highest BCUT2D eigenvalue weighted by Gasteiger charge is 2.29. The topological polar surface area (TPSA) is 112 Å². The van der Waals surface area contributed by atoms with E-state index in [1.807, 2.05) is 36.4 Å². The van der Waals surface area contributed by atoms with Gasteiger partial charge in [0.15, 0.2) is 0 Å². The van der Waals surface area contributed by atoms with E-state index in [-0.39, 0.29) is 30.2 Å². The average molecular weight is 406 g/mol. The van der Waals surface area contributed by atoms with E-state index < -0.39 is 18.3 Å². The summed E-state index contributed by atoms with van der Waals surface area (Å²) in [6.45, 7) is -0.0583. The molecule has 30 heavy (non-hydrogen) atoms. The number of amides is 1. The Balaban J connectivity index is 1.35. The summed E-state index contributed by atoms with van der Waals surface area (Å²) in [5.74, 6) is -0.0605. The molecule has 0 saturated carbocycles. The molecule has 4 rings (SSSR count). The van der Waals surface area contributed by atoms with Gasteiger partial charge in [0.05, 0.1) is 0 Å². The quantitative estimate of drug-likeness (QED) is 0.502. The second-order valence-electron chi connectivity index (χ2n) is 7.20. The van der Waals surface area contributed by atoms with Gasteiger partial charge in [0.1, 0.15) is 18.8 Å². The van der Waals surface area contributed by atoms with Crippen LogP contribution in [0, 0.1) is 0 Å². The number of aromatic amines is 1. The van der Waals surface area contributed by atoms with Crippen molar-refractivity contribution in [2.75, 3.05) is 13.2 Å². The molecule has 0 bridgehead atoms. The minimum atomic E-state index is -1.30. The Kier molecular flexibility index (Phi) is 5.65. The molecule has 1 heterocycles. The number of rotatable bonds is 6. The maximum atomic E-state index is 12.2. The van der Waals surface area contributed by atoms with Gasteiger partial charge in [-0.1, -0.05) is 48.5 Å². The second-order valence-corrected chi connectivity index (χ2v) is 7.20. The Morgan fingerprint density at radius 3 is 2.30 bits per heavy atom. The molecule has 7 nitrogen and oxygen atoms in total. The lowest BCUT2D eigenvalue weighted by Gasteiger charge is -2.19. The van der Waals surface area contributed by atoms with Crippen LogP contribution in [0.25, 0.3) is 11.1 Å². The summed E-state index contributed by atoms with van der Waals surface area (Å²) in [5, 5.41) is 22.7. The number of carbonyl (C=O) groups is 1. The number of aromatic nitrogens is 1. The van der Waals surface area contributed by atoms with Crippen molar-refractivity contribution in [3.63, 3.8) is 0 Å². The first kappa shape index (κ1) is 19.9. The van der Waals surface area contributed by atoms with Gasteiger partial charge < -0.3 is 25.3 Å². The Bertz CT molecular complexity index is 1060. The zero-order chi connectivity index (χ0) is 21.1. The van der Waals surface area contributed by atoms with Crippen LogP contribution in [-0.4, -0.2) is 40.5 Å². The van der Waals surface area contributed by atoms with Crippen LogP contribution in [0.4, 0.5) is 4.79 Å². The monoisotopic (exact) mass is 406 g/mol. The average Bonchev–Trinajstić information content (AvgIpc) is 3.09. The summed E-state index contributed by atoms with van der Waals surface area (Å²) in [6.07, 6.45) is -1.89. The summed E-state index contributed by atoms with van der Waals surface area (Å²) in [6, 6.07) is 18.8. The van der Waals surface area contributed by atoms with Crippen LogP contribution in [-0.2, 0) is 4.74 Å². The van der Waals surface area contributed by atoms with Crippen molar-refractivity contribution in [1.29, 1.82) is 0 Å². The standard InChI is InChI=1S/C23H22N2O5/c26-20(22(28)14-9-10-24-21(27)11-14)12-25-23(29)30-13-19-17-7-3-1-5-15(17)16-6-2-4-8-18(16)19/h1-11,19-20,22,26,28H,12-13H2,(H,24,27)(H,25,29). The maximum Gasteiger partial charge on any atom is 0.407 e. The Morgan fingerprint density at radius 2 is 1.67 bits per heavy atom. The lowest BCUT2D eigenvalue weighted by atomic mass is 9.98. The summed E-state index contributed by atoms with van der Waals surface area (Å²) in [4.78, 5) is 25.9. The number of alkyl carbamates (subject to hydrolysis) is 1. The molecule has 3 aromatic rings. The fourth-order valence-electron chi connectivity index (χ4n) is 3.82. The number of pyridine rings is 1. The molecule has 0 saturated heterocycles. The fourth-order valence-corrected chi connectivity index (χ4v) is 3.82. The molecule has 1 aliphatic carbocycles. The van der Waals surface area contributed by atoms with Gasteiger partial charge in [-0.05, 0) is 33.9 Å². The number of aliphatic hydroxyl groups is 2. The number of H-pyrrole nitrogens is 1. The highest BCUT2D eigenvalue weighted by molar-refractivity contribution is 5.79. The van der Waals surface area contributed by atoms with Gasteiger partial charge >= 0.3 is 6.09 Å². The molecular weight excluding hydrogens is 384 g/mol. The molecule has 0 spiro atoms. The number of carbonyl (C=O) groups excluding carboxylic acids is 1. The number of fused-ring (bicyclic) bond motifs is 3. The van der Waals surface area contributed by atoms with Gasteiger partial charge in [-0.3, -0.25) is 4.79 Å². The van der Waals surface area contributed by atoms with Crippen molar-refractivity contribution in [3.05, 3.63) is 93.9 Å². The van der Waals surface area contributed by atoms with Crippen LogP contribution >= 0.6 is 0 Å². The third-order valence-electron chi connectivity index (χ3n) is 5.30. The van der Waals surface area contributed by atoms with Crippen LogP contribution < -0.4 is 10.9 Å². The summed E-state index contributed by atoms with van der Waals surface area (Å²) < 4.78 is 5.40. The van der Waals surface area contributed by atoms with Gasteiger partial charge in [0.2, 0.25) is 5.56 Å². The third kappa shape index (κ3) is 3.98. The second kappa shape index (κ2) is 8.52. The van der Waals surface area contributed by atoms with Crippen LogP contribution in [0.15, 0.2) is 71.7 Å². The van der Waals surface area contributed by atoms with Crippen LogP contribution in [0.2, 0.25) is 0 Å². The van der Waals surface area contributed by atoms with Crippen molar-refractivity contribution < 1.29 is 19.7 Å². The minimum Gasteiger partial charge on any atom is -0.449 e. The normalized spacial score (nSPS) is 14.5. The van der Waals surface area contributed by atoms with E-state index in [1.54, 1.807) is 0 Å². The number of hydrogen-bond acceptors (Lipinski definition) is 5. The van der Waals surface area contributed by atoms with Gasteiger partial charge in [0, 0.05) is 24.7 Å². The van der Waals surface area contributed by atoms with Gasteiger partial charge in [-0.15, -0.1) is 0 Å². The summed E-state index contributed by atoms with van der Waals surface area (Å²) >= 11 is 0. The number of ether oxygens (including phenoxy) is 1. The predicted molar refractivity (Wildman–Crippen MR) is 111 cm³/mol. The van der Waals surface area contributed by atoms with E-state index in [0.717, 1.165) is 22.3 Å². The molecular formula is C23H22N2O5. The highest BCUT2D eigenvalue weighted by Crippen LogP contribution is 2.44. The third-order valence-corrected chi connectivity index (χ3v) is 5.30. The van der Waals surface area contributed by atoms with Crippen molar-refractivity contribution in [2.24, 2.45) is 0 Å². The molecule has 0 aliphatic heterocycles. The van der Waals surface area contributed by atoms with Crippen LogP contribution in [0.5, 0.6) is 0 Å². The lowest BCUT2D eigenvalue weighted by Crippen LogP contribution is -2.36. The number of aliphatic hydroxyl groups excluding tert-OH is 2. The van der Waals surface area contributed by atoms with E-state index >= 15 is 0 Å². The molecule has 0 fully saturated rings. The van der Waals surface area contributed by atoms with Crippen molar-refractivity contribution in [1.82, 2.24) is 10.3 Å². The Morgan fingerprint density at radius 1 is 1.03 bits per heavy atom. The van der Waals surface area contributed by atoms with E-state index in [2.05, 4.69) is 22.4 Å². The number of nitrogens with one attached hydrogen (secondary N) is 2. The summed E-state index contributed by atoms with van der Waals surface area (Å²) in [7, 11) is 0. The Hall–Kier alpha value is -3.42. The van der Waals surface area contributed by atoms with Crippen molar-refractivity contribution in [3.8, 4) is 11.1 Å². The van der Waals surface area contributed by atoms with Gasteiger partial charge in [-0.25, -0.2) is 4.79 Å². The first-order valence-corrected chi connectivity index (χ1v) is 9.68. The van der Waals surface area contributed by atoms with E-state index in [9.17, 15) is 19.8 Å². The molecule has 1 amide bonds. The zero-order valence-electron chi connectivity index (χ0n) is 16.1. The minimum absolute atomic E-state index is 0.0605. The zero-order valence-corrected chi connectivity index (χ0v) is 16.1. The van der Waals surface area contributed by atoms with Gasteiger partial charge in [-0.2, -0.15) is 0 Å². The van der Waals surface area contributed by atoms with Gasteiger partial charge in [0.25, 0.3) is 0 Å². The first-order valence-electron chi connectivity index (χ1n) is 9.68. The number of benzene rings is 2. The molecule has 0 radical (unpaired) electrons. The van der Waals surface area contributed by atoms with Crippen LogP contribution in [0.3, 0.4) is 0 Å². The van der Waals surface area contributed by atoms with E-state index in [0.29, 0.717) is 0 Å². The molecule has 2 atom stereocenters. The molecule has 2 aromatic carbocycles. The molecule has 1 aromatic heterocycles. The summed E-state index contributed by atoms with van der Waals surface area (Å²) in [5.41, 5.74) is 4.37. The number of hydrogen-bond donors (Lipinski definition) is 4. The SMILES string of the molecule is O=C(NCC(O)C(O)c1cc[nH]c(=O)c1)OCC1c2ccccc2-c2ccccc21. The lowest BCUT2D eigenvalue weighted by molar-refractivity contribution is 0.0184. The fraction of sp³-hybridized carbons (Fsp3) is 0.217. The van der Waals surface area contributed by atoms with Crippen LogP contribution in [0.1, 0.15) is 28.7 Å².